The van der Waals surface area contributed by atoms with Gasteiger partial charge in [0.1, 0.15) is 5.41 Å². The molecule has 1 aliphatic carbocycles. The molecule has 0 atom stereocenters. The number of imide groups is 2. The van der Waals surface area contributed by atoms with Gasteiger partial charge in [0.25, 0.3) is 5.91 Å². The maximum atomic E-state index is 12.6. The van der Waals surface area contributed by atoms with Crippen molar-refractivity contribution in [1.29, 1.82) is 0 Å². The van der Waals surface area contributed by atoms with Crippen molar-refractivity contribution in [3.8, 4) is 0 Å². The number of barbiturate groups is 1. The van der Waals surface area contributed by atoms with Crippen LogP contribution in [0.5, 0.6) is 0 Å². The Bertz CT molecular complexity index is 683. The summed E-state index contributed by atoms with van der Waals surface area (Å²) in [5.74, 6) is -1.04. The SMILES string of the molecule is Cc1cc(Cl)c(N2C(=O)NC(=O)C3(CCC3)C2=O)cc1Cl. The van der Waals surface area contributed by atoms with E-state index in [-0.39, 0.29) is 10.7 Å². The molecule has 0 unspecified atom stereocenters. The summed E-state index contributed by atoms with van der Waals surface area (Å²) in [6.45, 7) is 1.77. The summed E-state index contributed by atoms with van der Waals surface area (Å²) in [4.78, 5) is 37.6. The van der Waals surface area contributed by atoms with Crippen LogP contribution in [-0.2, 0) is 9.59 Å². The fourth-order valence-electron chi connectivity index (χ4n) is 2.67. The quantitative estimate of drug-likeness (QED) is 0.806. The second-order valence-corrected chi connectivity index (χ2v) is 6.20. The first-order valence-electron chi connectivity index (χ1n) is 6.52. The Morgan fingerprint density at radius 1 is 1.14 bits per heavy atom. The highest BCUT2D eigenvalue weighted by molar-refractivity contribution is 6.39. The van der Waals surface area contributed by atoms with Gasteiger partial charge in [0, 0.05) is 5.02 Å². The Kier molecular flexibility index (Phi) is 3.22. The smallest absolute Gasteiger partial charge is 0.276 e. The van der Waals surface area contributed by atoms with E-state index in [1.54, 1.807) is 13.0 Å². The van der Waals surface area contributed by atoms with E-state index < -0.39 is 23.3 Å². The molecule has 0 bridgehead atoms. The van der Waals surface area contributed by atoms with E-state index in [0.717, 1.165) is 16.9 Å². The van der Waals surface area contributed by atoms with Gasteiger partial charge in [-0.3, -0.25) is 14.9 Å². The van der Waals surface area contributed by atoms with Crippen LogP contribution in [0.15, 0.2) is 12.1 Å². The Labute approximate surface area is 131 Å². The van der Waals surface area contributed by atoms with Gasteiger partial charge in [-0.25, -0.2) is 9.69 Å². The van der Waals surface area contributed by atoms with Gasteiger partial charge >= 0.3 is 6.03 Å². The van der Waals surface area contributed by atoms with E-state index in [1.807, 2.05) is 0 Å². The van der Waals surface area contributed by atoms with Gasteiger partial charge in [-0.15, -0.1) is 0 Å². The van der Waals surface area contributed by atoms with E-state index in [9.17, 15) is 14.4 Å². The minimum atomic E-state index is -1.13. The fourth-order valence-corrected chi connectivity index (χ4v) is 3.13. The highest BCUT2D eigenvalue weighted by atomic mass is 35.5. The Morgan fingerprint density at radius 3 is 2.38 bits per heavy atom. The predicted octanol–water partition coefficient (Wildman–Crippen LogP) is 3.05. The van der Waals surface area contributed by atoms with E-state index >= 15 is 0 Å². The van der Waals surface area contributed by atoms with Crippen molar-refractivity contribution in [1.82, 2.24) is 5.32 Å². The molecule has 1 aromatic carbocycles. The molecule has 1 aliphatic heterocycles. The molecule has 2 aliphatic rings. The van der Waals surface area contributed by atoms with Crippen molar-refractivity contribution in [2.24, 2.45) is 5.41 Å². The minimum absolute atomic E-state index is 0.202. The lowest BCUT2D eigenvalue weighted by Crippen LogP contribution is -2.66. The first-order chi connectivity index (χ1) is 9.86. The number of rotatable bonds is 1. The number of hydrogen-bond donors (Lipinski definition) is 1. The number of amides is 4. The van der Waals surface area contributed by atoms with Gasteiger partial charge in [0.2, 0.25) is 5.91 Å². The molecule has 21 heavy (non-hydrogen) atoms. The molecule has 1 N–H and O–H groups in total. The van der Waals surface area contributed by atoms with Gasteiger partial charge in [0.05, 0.1) is 10.7 Å². The minimum Gasteiger partial charge on any atom is -0.276 e. The Balaban J connectivity index is 2.09. The van der Waals surface area contributed by atoms with Gasteiger partial charge in [-0.2, -0.15) is 0 Å². The highest BCUT2D eigenvalue weighted by Gasteiger charge is 2.57. The fraction of sp³-hybridized carbons (Fsp3) is 0.357. The second-order valence-electron chi connectivity index (χ2n) is 5.39. The number of anilines is 1. The molecule has 7 heteroatoms. The van der Waals surface area contributed by atoms with E-state index in [2.05, 4.69) is 5.32 Å². The first kappa shape index (κ1) is 14.4. The van der Waals surface area contributed by atoms with Crippen molar-refractivity contribution in [2.45, 2.75) is 26.2 Å². The van der Waals surface area contributed by atoms with E-state index in [0.29, 0.717) is 17.9 Å². The van der Waals surface area contributed by atoms with Crippen molar-refractivity contribution in [3.05, 3.63) is 27.7 Å². The summed E-state index contributed by atoms with van der Waals surface area (Å²) in [6.07, 6.45) is 1.67. The summed E-state index contributed by atoms with van der Waals surface area (Å²) in [6, 6.07) is 2.27. The predicted molar refractivity (Wildman–Crippen MR) is 78.5 cm³/mol. The zero-order valence-electron chi connectivity index (χ0n) is 11.2. The highest BCUT2D eigenvalue weighted by Crippen LogP contribution is 2.46. The maximum absolute atomic E-state index is 12.6. The van der Waals surface area contributed by atoms with Gasteiger partial charge in [0.15, 0.2) is 0 Å². The molecule has 4 amide bonds. The average molecular weight is 327 g/mol. The number of carbonyl (C=O) groups is 3. The zero-order valence-corrected chi connectivity index (χ0v) is 12.7. The van der Waals surface area contributed by atoms with Crippen molar-refractivity contribution >= 4 is 46.7 Å². The summed E-state index contributed by atoms with van der Waals surface area (Å²) in [5, 5.41) is 2.88. The number of aryl methyl sites for hydroxylation is 1. The lowest BCUT2D eigenvalue weighted by Gasteiger charge is -2.44. The molecule has 110 valence electrons. The molecule has 1 saturated carbocycles. The zero-order chi connectivity index (χ0) is 15.4. The summed E-state index contributed by atoms with van der Waals surface area (Å²) < 4.78 is 0. The third-order valence-corrected chi connectivity index (χ3v) is 4.86. The topological polar surface area (TPSA) is 66.5 Å². The maximum Gasteiger partial charge on any atom is 0.335 e. The number of nitrogens with one attached hydrogen (secondary N) is 1. The van der Waals surface area contributed by atoms with Crippen LogP contribution in [-0.4, -0.2) is 17.8 Å². The van der Waals surface area contributed by atoms with Crippen LogP contribution in [0, 0.1) is 12.3 Å². The monoisotopic (exact) mass is 326 g/mol. The first-order valence-corrected chi connectivity index (χ1v) is 7.28. The third-order valence-electron chi connectivity index (χ3n) is 4.15. The molecule has 3 rings (SSSR count). The van der Waals surface area contributed by atoms with E-state index in [1.165, 1.54) is 6.07 Å². The Morgan fingerprint density at radius 2 is 1.81 bits per heavy atom. The normalized spacial score (nSPS) is 20.5. The van der Waals surface area contributed by atoms with Crippen LogP contribution in [0.3, 0.4) is 0 Å². The third kappa shape index (κ3) is 1.95. The van der Waals surface area contributed by atoms with Crippen LogP contribution in [0.1, 0.15) is 24.8 Å². The molecule has 1 spiro atoms. The molecule has 2 fully saturated rings. The number of hydrogen-bond acceptors (Lipinski definition) is 3. The van der Waals surface area contributed by atoms with Crippen molar-refractivity contribution in [3.63, 3.8) is 0 Å². The molecular weight excluding hydrogens is 315 g/mol. The number of halogens is 2. The largest absolute Gasteiger partial charge is 0.335 e. The number of carbonyl (C=O) groups excluding carboxylic acids is 3. The van der Waals surface area contributed by atoms with E-state index in [4.69, 9.17) is 23.2 Å². The lowest BCUT2D eigenvalue weighted by atomic mass is 9.66. The Hall–Kier alpha value is -1.59. The van der Waals surface area contributed by atoms with Gasteiger partial charge in [-0.05, 0) is 37.5 Å². The van der Waals surface area contributed by atoms with Crippen LogP contribution in [0.25, 0.3) is 0 Å². The number of benzene rings is 1. The average Bonchev–Trinajstić information content (AvgIpc) is 2.33. The molecule has 1 saturated heterocycles. The lowest BCUT2D eigenvalue weighted by molar-refractivity contribution is -0.148. The van der Waals surface area contributed by atoms with Crippen LogP contribution in [0.4, 0.5) is 10.5 Å². The standard InChI is InChI=1S/C14H12Cl2N2O3/c1-7-5-9(16)10(6-8(7)15)18-12(20)14(3-2-4-14)11(19)17-13(18)21/h5-6H,2-4H2,1H3,(H,17,19,21). The summed E-state index contributed by atoms with van der Waals surface area (Å²) >= 11 is 12.2. The molecule has 5 nitrogen and oxygen atoms in total. The van der Waals surface area contributed by atoms with Crippen molar-refractivity contribution < 1.29 is 14.4 Å². The van der Waals surface area contributed by atoms with Gasteiger partial charge in [-0.1, -0.05) is 29.6 Å². The molecular formula is C14H12Cl2N2O3. The van der Waals surface area contributed by atoms with Crippen LogP contribution in [0.2, 0.25) is 10.0 Å². The summed E-state index contributed by atoms with van der Waals surface area (Å²) in [7, 11) is 0. The molecule has 1 aromatic rings. The number of urea groups is 1. The second kappa shape index (κ2) is 4.71. The van der Waals surface area contributed by atoms with Gasteiger partial charge < -0.3 is 0 Å². The molecule has 0 radical (unpaired) electrons. The molecule has 0 aromatic heterocycles. The number of nitrogens with zero attached hydrogens (tertiary/aromatic N) is 1. The van der Waals surface area contributed by atoms with Crippen LogP contribution < -0.4 is 10.2 Å². The molecule has 1 heterocycles. The van der Waals surface area contributed by atoms with Crippen molar-refractivity contribution in [2.75, 3.05) is 4.90 Å². The van der Waals surface area contributed by atoms with Crippen LogP contribution >= 0.6 is 23.2 Å². The summed E-state index contributed by atoms with van der Waals surface area (Å²) in [5.41, 5.74) is -0.188.